The summed E-state index contributed by atoms with van der Waals surface area (Å²) in [6.45, 7) is 0. The van der Waals surface area contributed by atoms with Gasteiger partial charge in [-0.15, -0.1) is 0 Å². The fourth-order valence-corrected chi connectivity index (χ4v) is 1.45. The lowest BCUT2D eigenvalue weighted by molar-refractivity contribution is 0.628. The van der Waals surface area contributed by atoms with Gasteiger partial charge in [0.2, 0.25) is 0 Å². The van der Waals surface area contributed by atoms with E-state index in [9.17, 15) is 4.39 Å². The van der Waals surface area contributed by atoms with Crippen LogP contribution in [0.2, 0.25) is 5.02 Å². The molecule has 1 aromatic carbocycles. The molecule has 0 fully saturated rings. The van der Waals surface area contributed by atoms with Crippen molar-refractivity contribution < 1.29 is 4.39 Å². The quantitative estimate of drug-likeness (QED) is 0.843. The largest absolute Gasteiger partial charge is 0.384 e. The van der Waals surface area contributed by atoms with Gasteiger partial charge in [0.15, 0.2) is 0 Å². The molecule has 2 aromatic rings. The van der Waals surface area contributed by atoms with E-state index in [1.54, 1.807) is 24.4 Å². The first kappa shape index (κ1) is 10.7. The third-order valence-corrected chi connectivity index (χ3v) is 2.28. The summed E-state index contributed by atoms with van der Waals surface area (Å²) in [6, 6.07) is 7.84. The monoisotopic (exact) mass is 237 g/mol. The maximum Gasteiger partial charge on any atom is 0.141 e. The van der Waals surface area contributed by atoms with E-state index in [0.717, 1.165) is 5.69 Å². The Labute approximate surface area is 97.1 Å². The van der Waals surface area contributed by atoms with Gasteiger partial charge in [-0.25, -0.2) is 9.37 Å². The van der Waals surface area contributed by atoms with Crippen molar-refractivity contribution in [2.24, 2.45) is 0 Å². The summed E-state index contributed by atoms with van der Waals surface area (Å²) in [5.74, 6) is -0.0281. The minimum atomic E-state index is -0.443. The molecular formula is C11H9ClFN3. The molecule has 1 aromatic heterocycles. The van der Waals surface area contributed by atoms with Crippen LogP contribution in [0.4, 0.5) is 21.6 Å². The maximum absolute atomic E-state index is 12.9. The average Bonchev–Trinajstić information content (AvgIpc) is 2.24. The first-order valence-electron chi connectivity index (χ1n) is 4.59. The van der Waals surface area contributed by atoms with E-state index < -0.39 is 5.82 Å². The highest BCUT2D eigenvalue weighted by Crippen LogP contribution is 2.22. The number of rotatable bonds is 2. The summed E-state index contributed by atoms with van der Waals surface area (Å²) in [4.78, 5) is 3.86. The van der Waals surface area contributed by atoms with Crippen molar-refractivity contribution in [3.05, 3.63) is 47.4 Å². The van der Waals surface area contributed by atoms with Gasteiger partial charge in [-0.2, -0.15) is 0 Å². The molecule has 2 rings (SSSR count). The number of benzene rings is 1. The van der Waals surface area contributed by atoms with Gasteiger partial charge in [0.25, 0.3) is 0 Å². The van der Waals surface area contributed by atoms with Gasteiger partial charge in [0.05, 0.1) is 5.02 Å². The van der Waals surface area contributed by atoms with Gasteiger partial charge in [0.1, 0.15) is 11.6 Å². The molecule has 5 heteroatoms. The van der Waals surface area contributed by atoms with Crippen LogP contribution in [0, 0.1) is 5.82 Å². The zero-order valence-electron chi connectivity index (χ0n) is 8.24. The van der Waals surface area contributed by atoms with Gasteiger partial charge >= 0.3 is 0 Å². The summed E-state index contributed by atoms with van der Waals surface area (Å²) in [7, 11) is 0. The summed E-state index contributed by atoms with van der Waals surface area (Å²) in [5.41, 5.74) is 6.99. The molecule has 0 spiro atoms. The van der Waals surface area contributed by atoms with Crippen molar-refractivity contribution in [2.45, 2.75) is 0 Å². The van der Waals surface area contributed by atoms with E-state index >= 15 is 0 Å². The molecule has 0 amide bonds. The Morgan fingerprint density at radius 1 is 1.19 bits per heavy atom. The molecule has 16 heavy (non-hydrogen) atoms. The number of nitrogens with two attached hydrogens (primary N) is 1. The zero-order valence-corrected chi connectivity index (χ0v) is 9.00. The number of aromatic nitrogens is 1. The Morgan fingerprint density at radius 3 is 2.62 bits per heavy atom. The average molecular weight is 238 g/mol. The van der Waals surface area contributed by atoms with E-state index in [4.69, 9.17) is 17.3 Å². The Kier molecular flexibility index (Phi) is 2.92. The fourth-order valence-electron chi connectivity index (χ4n) is 1.27. The van der Waals surface area contributed by atoms with E-state index in [-0.39, 0.29) is 5.02 Å². The van der Waals surface area contributed by atoms with Crippen molar-refractivity contribution in [2.75, 3.05) is 11.1 Å². The van der Waals surface area contributed by atoms with E-state index in [1.807, 2.05) is 0 Å². The molecule has 3 N–H and O–H groups in total. The van der Waals surface area contributed by atoms with Crippen LogP contribution in [-0.4, -0.2) is 4.98 Å². The van der Waals surface area contributed by atoms with Crippen molar-refractivity contribution in [3.8, 4) is 0 Å². The Morgan fingerprint density at radius 2 is 1.94 bits per heavy atom. The molecule has 82 valence electrons. The lowest BCUT2D eigenvalue weighted by Crippen LogP contribution is -1.94. The molecule has 0 unspecified atom stereocenters. The van der Waals surface area contributed by atoms with Crippen LogP contribution >= 0.6 is 11.6 Å². The highest BCUT2D eigenvalue weighted by molar-refractivity contribution is 6.31. The SMILES string of the molecule is Nc1cc(Nc2ccc(F)c(Cl)c2)ccn1. The number of nitrogens with zero attached hydrogens (tertiary/aromatic N) is 1. The van der Waals surface area contributed by atoms with Gasteiger partial charge < -0.3 is 11.1 Å². The molecular weight excluding hydrogens is 229 g/mol. The molecule has 0 radical (unpaired) electrons. The van der Waals surface area contributed by atoms with Crippen LogP contribution in [0.15, 0.2) is 36.5 Å². The molecule has 1 heterocycles. The Hall–Kier alpha value is -1.81. The maximum atomic E-state index is 12.9. The summed E-state index contributed by atoms with van der Waals surface area (Å²) in [6.07, 6.45) is 1.59. The topological polar surface area (TPSA) is 50.9 Å². The van der Waals surface area contributed by atoms with Crippen molar-refractivity contribution in [1.82, 2.24) is 4.98 Å². The van der Waals surface area contributed by atoms with Crippen molar-refractivity contribution >= 4 is 28.8 Å². The molecule has 0 atom stereocenters. The van der Waals surface area contributed by atoms with E-state index in [0.29, 0.717) is 11.5 Å². The number of hydrogen-bond donors (Lipinski definition) is 2. The minimum absolute atomic E-state index is 0.0760. The first-order valence-corrected chi connectivity index (χ1v) is 4.96. The lowest BCUT2D eigenvalue weighted by Gasteiger charge is -2.07. The second kappa shape index (κ2) is 4.37. The molecule has 3 nitrogen and oxygen atoms in total. The van der Waals surface area contributed by atoms with Crippen LogP contribution in [0.25, 0.3) is 0 Å². The van der Waals surface area contributed by atoms with Crippen molar-refractivity contribution in [1.29, 1.82) is 0 Å². The second-order valence-corrected chi connectivity index (χ2v) is 3.63. The van der Waals surface area contributed by atoms with Crippen LogP contribution in [0.1, 0.15) is 0 Å². The van der Waals surface area contributed by atoms with Crippen molar-refractivity contribution in [3.63, 3.8) is 0 Å². The van der Waals surface area contributed by atoms with Gasteiger partial charge in [-0.05, 0) is 24.3 Å². The molecule has 0 saturated carbocycles. The number of nitrogens with one attached hydrogen (secondary N) is 1. The molecule has 0 bridgehead atoms. The smallest absolute Gasteiger partial charge is 0.141 e. The molecule has 0 aliphatic heterocycles. The second-order valence-electron chi connectivity index (χ2n) is 3.22. The third kappa shape index (κ3) is 2.41. The fraction of sp³-hybridized carbons (Fsp3) is 0. The lowest BCUT2D eigenvalue weighted by atomic mass is 10.3. The number of nitrogen functional groups attached to an aromatic ring is 1. The van der Waals surface area contributed by atoms with Crippen LogP contribution in [0.3, 0.4) is 0 Å². The summed E-state index contributed by atoms with van der Waals surface area (Å²) >= 11 is 5.66. The predicted molar refractivity (Wildman–Crippen MR) is 63.3 cm³/mol. The van der Waals surface area contributed by atoms with Crippen LogP contribution in [0.5, 0.6) is 0 Å². The summed E-state index contributed by atoms with van der Waals surface area (Å²) < 4.78 is 12.9. The zero-order chi connectivity index (χ0) is 11.5. The van der Waals surface area contributed by atoms with Gasteiger partial charge in [-0.3, -0.25) is 0 Å². The van der Waals surface area contributed by atoms with Crippen LogP contribution in [-0.2, 0) is 0 Å². The molecule has 0 aliphatic carbocycles. The van der Waals surface area contributed by atoms with Gasteiger partial charge in [-0.1, -0.05) is 11.6 Å². The highest BCUT2D eigenvalue weighted by Gasteiger charge is 2.01. The molecule has 0 saturated heterocycles. The first-order chi connectivity index (χ1) is 7.65. The van der Waals surface area contributed by atoms with Gasteiger partial charge in [0, 0.05) is 23.6 Å². The Bertz CT molecular complexity index is 516. The highest BCUT2D eigenvalue weighted by atomic mass is 35.5. The normalized spacial score (nSPS) is 10.1. The predicted octanol–water partition coefficient (Wildman–Crippen LogP) is 3.20. The van der Waals surface area contributed by atoms with E-state index in [2.05, 4.69) is 10.3 Å². The standard InChI is InChI=1S/C11H9ClFN3/c12-9-5-7(1-2-10(9)13)16-8-3-4-15-11(14)6-8/h1-6H,(H3,14,15,16). The minimum Gasteiger partial charge on any atom is -0.384 e. The number of pyridine rings is 1. The number of halogens is 2. The molecule has 0 aliphatic rings. The number of hydrogen-bond acceptors (Lipinski definition) is 3. The Balaban J connectivity index is 2.24. The number of anilines is 3. The third-order valence-electron chi connectivity index (χ3n) is 1.99. The van der Waals surface area contributed by atoms with E-state index in [1.165, 1.54) is 12.1 Å². The van der Waals surface area contributed by atoms with Crippen LogP contribution < -0.4 is 11.1 Å². The summed E-state index contributed by atoms with van der Waals surface area (Å²) in [5, 5.41) is 3.12.